The number of fused-ring (bicyclic) bond motifs is 1. The lowest BCUT2D eigenvalue weighted by atomic mass is 10.0. The van der Waals surface area contributed by atoms with Crippen molar-refractivity contribution in [3.8, 4) is 0 Å². The Balaban J connectivity index is 1.92. The first kappa shape index (κ1) is 15.3. The van der Waals surface area contributed by atoms with Gasteiger partial charge in [-0.2, -0.15) is 0 Å². The number of nitrogens with one attached hydrogen (secondary N) is 2. The highest BCUT2D eigenvalue weighted by Crippen LogP contribution is 2.17. The fraction of sp³-hybridized carbons (Fsp3) is 0.263. The molecule has 3 rings (SSSR count). The van der Waals surface area contributed by atoms with Crippen LogP contribution in [0, 0.1) is 27.7 Å². The number of benzene rings is 1. The summed E-state index contributed by atoms with van der Waals surface area (Å²) in [6.45, 7) is 8.58. The van der Waals surface area contributed by atoms with Gasteiger partial charge in [-0.05, 0) is 80.1 Å². The number of aromatic amines is 1. The average molecular weight is 307 g/mol. The van der Waals surface area contributed by atoms with Crippen LogP contribution in [-0.4, -0.2) is 9.97 Å². The van der Waals surface area contributed by atoms with Gasteiger partial charge in [0.2, 0.25) is 0 Å². The molecule has 0 saturated heterocycles. The smallest absolute Gasteiger partial charge is 0.253 e. The Bertz CT molecular complexity index is 921. The molecule has 0 spiro atoms. The molecule has 0 radical (unpaired) electrons. The molecule has 2 aromatic heterocycles. The van der Waals surface area contributed by atoms with Gasteiger partial charge < -0.3 is 10.3 Å². The standard InChI is InChI=1S/C19H21N3O/c1-11-5-14(4)21-18(6-11)20-10-16-9-15-7-12(2)13(3)8-17(15)22-19(16)23/h5-9H,10H2,1-4H3,(H,20,21)(H,22,23). The maximum atomic E-state index is 12.3. The molecule has 1 aromatic carbocycles. The molecule has 0 unspecified atom stereocenters. The normalized spacial score (nSPS) is 11.0. The molecular weight excluding hydrogens is 286 g/mol. The number of hydrogen-bond donors (Lipinski definition) is 2. The Morgan fingerprint density at radius 2 is 1.74 bits per heavy atom. The number of rotatable bonds is 3. The van der Waals surface area contributed by atoms with Crippen LogP contribution in [0.5, 0.6) is 0 Å². The Morgan fingerprint density at radius 1 is 1.00 bits per heavy atom. The van der Waals surface area contributed by atoms with Crippen molar-refractivity contribution >= 4 is 16.7 Å². The third-order valence-corrected chi connectivity index (χ3v) is 4.09. The molecule has 0 fully saturated rings. The number of aryl methyl sites for hydroxylation is 4. The Hall–Kier alpha value is -2.62. The number of pyridine rings is 2. The van der Waals surface area contributed by atoms with Gasteiger partial charge in [0, 0.05) is 23.3 Å². The van der Waals surface area contributed by atoms with Crippen molar-refractivity contribution in [1.29, 1.82) is 0 Å². The summed E-state index contributed by atoms with van der Waals surface area (Å²) in [6.07, 6.45) is 0. The lowest BCUT2D eigenvalue weighted by Gasteiger charge is -2.09. The predicted molar refractivity (Wildman–Crippen MR) is 95.1 cm³/mol. The van der Waals surface area contributed by atoms with Gasteiger partial charge in [0.15, 0.2) is 0 Å². The van der Waals surface area contributed by atoms with Crippen LogP contribution in [0.2, 0.25) is 0 Å². The van der Waals surface area contributed by atoms with Crippen molar-refractivity contribution in [1.82, 2.24) is 9.97 Å². The summed E-state index contributed by atoms with van der Waals surface area (Å²) < 4.78 is 0. The summed E-state index contributed by atoms with van der Waals surface area (Å²) >= 11 is 0. The van der Waals surface area contributed by atoms with Crippen LogP contribution < -0.4 is 10.9 Å². The van der Waals surface area contributed by atoms with Gasteiger partial charge in [0.25, 0.3) is 5.56 Å². The lowest BCUT2D eigenvalue weighted by Crippen LogP contribution is -2.16. The van der Waals surface area contributed by atoms with Crippen molar-refractivity contribution < 1.29 is 0 Å². The van der Waals surface area contributed by atoms with E-state index in [1.807, 2.05) is 45.0 Å². The first-order valence-electron chi connectivity index (χ1n) is 7.75. The second kappa shape index (κ2) is 5.88. The maximum Gasteiger partial charge on any atom is 0.253 e. The van der Waals surface area contributed by atoms with Gasteiger partial charge in [0.1, 0.15) is 5.82 Å². The largest absolute Gasteiger partial charge is 0.366 e. The van der Waals surface area contributed by atoms with Crippen LogP contribution in [0.1, 0.15) is 27.9 Å². The molecule has 0 aliphatic rings. The first-order valence-corrected chi connectivity index (χ1v) is 7.75. The molecule has 0 atom stereocenters. The third-order valence-electron chi connectivity index (χ3n) is 4.09. The van der Waals surface area contributed by atoms with E-state index in [-0.39, 0.29) is 5.56 Å². The highest BCUT2D eigenvalue weighted by Gasteiger charge is 2.06. The molecule has 2 N–H and O–H groups in total. The SMILES string of the molecule is Cc1cc(C)nc(NCc2cc3cc(C)c(C)cc3[nH]c2=O)c1. The van der Waals surface area contributed by atoms with E-state index in [1.54, 1.807) is 0 Å². The zero-order valence-corrected chi connectivity index (χ0v) is 13.9. The molecule has 0 aliphatic carbocycles. The fourth-order valence-corrected chi connectivity index (χ4v) is 2.77. The van der Waals surface area contributed by atoms with Crippen molar-refractivity contribution in [3.63, 3.8) is 0 Å². The summed E-state index contributed by atoms with van der Waals surface area (Å²) in [7, 11) is 0. The van der Waals surface area contributed by atoms with E-state index in [4.69, 9.17) is 0 Å². The van der Waals surface area contributed by atoms with E-state index in [9.17, 15) is 4.79 Å². The van der Waals surface area contributed by atoms with Crippen LogP contribution in [-0.2, 0) is 6.54 Å². The lowest BCUT2D eigenvalue weighted by molar-refractivity contribution is 1.05. The fourth-order valence-electron chi connectivity index (χ4n) is 2.77. The van der Waals surface area contributed by atoms with E-state index < -0.39 is 0 Å². The summed E-state index contributed by atoms with van der Waals surface area (Å²) in [6, 6.07) is 10.1. The molecule has 3 aromatic rings. The summed E-state index contributed by atoms with van der Waals surface area (Å²) in [4.78, 5) is 19.7. The highest BCUT2D eigenvalue weighted by atomic mass is 16.1. The van der Waals surface area contributed by atoms with Crippen molar-refractivity contribution in [2.24, 2.45) is 0 Å². The predicted octanol–water partition coefficient (Wildman–Crippen LogP) is 3.77. The first-order chi connectivity index (χ1) is 10.9. The van der Waals surface area contributed by atoms with Crippen molar-refractivity contribution in [3.05, 3.63) is 68.6 Å². The summed E-state index contributed by atoms with van der Waals surface area (Å²) in [5, 5.41) is 4.30. The molecule has 0 bridgehead atoms. The monoisotopic (exact) mass is 307 g/mol. The Kier molecular flexibility index (Phi) is 3.90. The molecule has 4 nitrogen and oxygen atoms in total. The second-order valence-corrected chi connectivity index (χ2v) is 6.17. The van der Waals surface area contributed by atoms with Gasteiger partial charge in [-0.25, -0.2) is 4.98 Å². The Morgan fingerprint density at radius 3 is 2.48 bits per heavy atom. The molecule has 2 heterocycles. The van der Waals surface area contributed by atoms with Crippen LogP contribution in [0.15, 0.2) is 35.1 Å². The molecule has 0 amide bonds. The van der Waals surface area contributed by atoms with Crippen LogP contribution >= 0.6 is 0 Å². The average Bonchev–Trinajstić information content (AvgIpc) is 2.46. The van der Waals surface area contributed by atoms with Gasteiger partial charge in [0.05, 0.1) is 0 Å². The second-order valence-electron chi connectivity index (χ2n) is 6.17. The maximum absolute atomic E-state index is 12.3. The molecule has 0 aliphatic heterocycles. The number of H-pyrrole nitrogens is 1. The summed E-state index contributed by atoms with van der Waals surface area (Å²) in [5.74, 6) is 0.794. The minimum absolute atomic E-state index is 0.0578. The van der Waals surface area contributed by atoms with Gasteiger partial charge in [-0.3, -0.25) is 4.79 Å². The molecule has 0 saturated carbocycles. The van der Waals surface area contributed by atoms with Crippen LogP contribution in [0.25, 0.3) is 10.9 Å². The summed E-state index contributed by atoms with van der Waals surface area (Å²) in [5.41, 5.74) is 6.05. The topological polar surface area (TPSA) is 57.8 Å². The Labute approximate surface area is 135 Å². The van der Waals surface area contributed by atoms with Crippen LogP contribution in [0.4, 0.5) is 5.82 Å². The minimum Gasteiger partial charge on any atom is -0.366 e. The van der Waals surface area contributed by atoms with Gasteiger partial charge in [-0.15, -0.1) is 0 Å². The van der Waals surface area contributed by atoms with E-state index >= 15 is 0 Å². The van der Waals surface area contributed by atoms with E-state index in [0.29, 0.717) is 12.1 Å². The molecule has 4 heteroatoms. The van der Waals surface area contributed by atoms with E-state index in [0.717, 1.165) is 28.0 Å². The third kappa shape index (κ3) is 3.26. The van der Waals surface area contributed by atoms with Gasteiger partial charge >= 0.3 is 0 Å². The van der Waals surface area contributed by atoms with Crippen LogP contribution in [0.3, 0.4) is 0 Å². The quantitative estimate of drug-likeness (QED) is 0.774. The number of anilines is 1. The zero-order chi connectivity index (χ0) is 16.6. The number of aromatic nitrogens is 2. The molecule has 23 heavy (non-hydrogen) atoms. The highest BCUT2D eigenvalue weighted by molar-refractivity contribution is 5.80. The van der Waals surface area contributed by atoms with E-state index in [2.05, 4.69) is 28.3 Å². The molecule has 118 valence electrons. The minimum atomic E-state index is -0.0578. The van der Waals surface area contributed by atoms with Gasteiger partial charge in [-0.1, -0.05) is 0 Å². The van der Waals surface area contributed by atoms with E-state index in [1.165, 1.54) is 11.1 Å². The number of hydrogen-bond acceptors (Lipinski definition) is 3. The number of nitrogens with zero attached hydrogens (tertiary/aromatic N) is 1. The van der Waals surface area contributed by atoms with Crippen molar-refractivity contribution in [2.75, 3.05) is 5.32 Å². The van der Waals surface area contributed by atoms with Crippen molar-refractivity contribution in [2.45, 2.75) is 34.2 Å². The zero-order valence-electron chi connectivity index (χ0n) is 13.9. The molecular formula is C19H21N3O.